The van der Waals surface area contributed by atoms with Gasteiger partial charge in [-0.1, -0.05) is 127 Å². The van der Waals surface area contributed by atoms with Crippen LogP contribution in [0.4, 0.5) is 0 Å². The molecule has 1 aliphatic carbocycles. The highest BCUT2D eigenvalue weighted by Gasteiger charge is 2.21. The van der Waals surface area contributed by atoms with Crippen LogP contribution in [0.5, 0.6) is 0 Å². The Labute approximate surface area is 295 Å². The van der Waals surface area contributed by atoms with Crippen LogP contribution in [0.15, 0.2) is 173 Å². The topological polar surface area (TPSA) is 48.8 Å². The predicted molar refractivity (Wildman–Crippen MR) is 210 cm³/mol. The quantitative estimate of drug-likeness (QED) is 0.184. The summed E-state index contributed by atoms with van der Waals surface area (Å²) in [5, 5.41) is 7.23. The van der Waals surface area contributed by atoms with Crippen molar-refractivity contribution < 1.29 is 0 Å². The number of hydrogen-bond acceptors (Lipinski definition) is 4. The van der Waals surface area contributed by atoms with Gasteiger partial charge in [0.25, 0.3) is 0 Å². The van der Waals surface area contributed by atoms with Crippen LogP contribution in [0.3, 0.4) is 0 Å². The highest BCUT2D eigenvalue weighted by molar-refractivity contribution is 6.06. The van der Waals surface area contributed by atoms with Crippen LogP contribution in [0, 0.1) is 0 Å². The molecule has 0 spiro atoms. The average Bonchev–Trinajstić information content (AvgIpc) is 3.18. The van der Waals surface area contributed by atoms with Crippen molar-refractivity contribution in [2.24, 2.45) is 9.98 Å². The summed E-state index contributed by atoms with van der Waals surface area (Å²) in [5.41, 5.74) is 15.0. The summed E-state index contributed by atoms with van der Waals surface area (Å²) in [5.74, 6) is 0.856. The number of benzene rings is 5. The molecule has 2 atom stereocenters. The third kappa shape index (κ3) is 6.79. The van der Waals surface area contributed by atoms with Gasteiger partial charge in [0.15, 0.2) is 0 Å². The van der Waals surface area contributed by atoms with Crippen LogP contribution in [0.25, 0.3) is 33.5 Å². The average molecular weight is 649 g/mol. The molecule has 0 aromatic heterocycles. The minimum Gasteiger partial charge on any atom is -0.364 e. The standard InChI is InChI=1S/C46H40N4/c1-31-26-32(2)48-45(47-31)39-24-22-36(23-25-39)41-27-40(35-20-18-34(19-21-35)33-12-6-3-7-13-33)28-42(29-41)46-49-43(37-14-8-4-9-15-37)30-44(50-46)38-16-10-5-11-17-38/h3-6,8-12,14-30,43,45,47H,7,13H2,1-2H3,(H,49,50). The number of aliphatic imine (C=N–C) groups is 2. The Kier molecular flexibility index (Phi) is 8.67. The van der Waals surface area contributed by atoms with Crippen LogP contribution in [-0.4, -0.2) is 11.5 Å². The molecule has 5 aromatic rings. The molecule has 244 valence electrons. The molecule has 2 N–H and O–H groups in total. The molecule has 2 unspecified atom stereocenters. The molecule has 2 aliphatic heterocycles. The molecular formula is C46H40N4. The van der Waals surface area contributed by atoms with Gasteiger partial charge in [0, 0.05) is 22.7 Å². The van der Waals surface area contributed by atoms with Gasteiger partial charge in [-0.3, -0.25) is 9.98 Å². The lowest BCUT2D eigenvalue weighted by molar-refractivity contribution is 0.619. The Morgan fingerprint density at radius 2 is 1.24 bits per heavy atom. The van der Waals surface area contributed by atoms with E-state index in [9.17, 15) is 0 Å². The summed E-state index contributed by atoms with van der Waals surface area (Å²) in [6, 6.07) is 45.6. The predicted octanol–water partition coefficient (Wildman–Crippen LogP) is 10.9. The first-order valence-corrected chi connectivity index (χ1v) is 17.4. The second kappa shape index (κ2) is 13.9. The molecule has 5 aromatic carbocycles. The Morgan fingerprint density at radius 3 is 1.90 bits per heavy atom. The maximum absolute atomic E-state index is 5.32. The van der Waals surface area contributed by atoms with Crippen molar-refractivity contribution in [3.63, 3.8) is 0 Å². The first-order chi connectivity index (χ1) is 24.6. The number of amidine groups is 1. The van der Waals surface area contributed by atoms with Gasteiger partial charge in [-0.2, -0.15) is 0 Å². The van der Waals surface area contributed by atoms with Crippen molar-refractivity contribution >= 4 is 22.8 Å². The van der Waals surface area contributed by atoms with E-state index in [1.54, 1.807) is 0 Å². The van der Waals surface area contributed by atoms with E-state index in [0.717, 1.165) is 74.7 Å². The monoisotopic (exact) mass is 648 g/mol. The normalized spacial score (nSPS) is 18.5. The summed E-state index contributed by atoms with van der Waals surface area (Å²) in [6.45, 7) is 4.14. The van der Waals surface area contributed by atoms with Crippen LogP contribution < -0.4 is 10.6 Å². The number of hydrogen-bond donors (Lipinski definition) is 2. The van der Waals surface area contributed by atoms with Gasteiger partial charge in [-0.25, -0.2) is 0 Å². The van der Waals surface area contributed by atoms with E-state index in [-0.39, 0.29) is 12.2 Å². The molecule has 0 fully saturated rings. The molecular weight excluding hydrogens is 609 g/mol. The highest BCUT2D eigenvalue weighted by atomic mass is 15.1. The molecule has 3 aliphatic rings. The largest absolute Gasteiger partial charge is 0.364 e. The van der Waals surface area contributed by atoms with Crippen molar-refractivity contribution in [1.29, 1.82) is 0 Å². The van der Waals surface area contributed by atoms with E-state index >= 15 is 0 Å². The van der Waals surface area contributed by atoms with Crippen LogP contribution in [-0.2, 0) is 0 Å². The summed E-state index contributed by atoms with van der Waals surface area (Å²) in [7, 11) is 0. The van der Waals surface area contributed by atoms with Gasteiger partial charge in [0.05, 0.1) is 6.04 Å². The van der Waals surface area contributed by atoms with Gasteiger partial charge >= 0.3 is 0 Å². The lowest BCUT2D eigenvalue weighted by Crippen LogP contribution is -2.27. The number of nitrogens with zero attached hydrogens (tertiary/aromatic N) is 2. The molecule has 4 nitrogen and oxygen atoms in total. The zero-order valence-electron chi connectivity index (χ0n) is 28.5. The van der Waals surface area contributed by atoms with Crippen molar-refractivity contribution in [1.82, 2.24) is 10.6 Å². The fraction of sp³-hybridized carbons (Fsp3) is 0.130. The van der Waals surface area contributed by atoms with E-state index in [1.807, 2.05) is 0 Å². The van der Waals surface area contributed by atoms with Crippen LogP contribution in [0.2, 0.25) is 0 Å². The van der Waals surface area contributed by atoms with Gasteiger partial charge in [-0.05, 0) is 107 Å². The third-order valence-electron chi connectivity index (χ3n) is 9.56. The molecule has 0 bridgehead atoms. The van der Waals surface area contributed by atoms with Gasteiger partial charge < -0.3 is 10.6 Å². The Morgan fingerprint density at radius 1 is 0.600 bits per heavy atom. The van der Waals surface area contributed by atoms with Crippen molar-refractivity contribution in [3.8, 4) is 22.3 Å². The van der Waals surface area contributed by atoms with Crippen molar-refractivity contribution in [3.05, 3.63) is 191 Å². The SMILES string of the molecule is CC1=CC(C)=NC(c2ccc(-c3cc(C4=NC(c5ccccc5)C=C(c5ccccc5)N4)cc(-c4ccc(C5=CC=CCC5)cc4)c3)cc2)N1. The Balaban J connectivity index is 1.21. The Hall–Kier alpha value is -6.00. The summed E-state index contributed by atoms with van der Waals surface area (Å²) in [6.07, 6.45) is 13.0. The summed E-state index contributed by atoms with van der Waals surface area (Å²) in [4.78, 5) is 10.2. The number of nitrogens with one attached hydrogen (secondary N) is 2. The highest BCUT2D eigenvalue weighted by Crippen LogP contribution is 2.34. The number of rotatable bonds is 7. The lowest BCUT2D eigenvalue weighted by Gasteiger charge is -2.24. The van der Waals surface area contributed by atoms with Crippen LogP contribution in [0.1, 0.15) is 66.7 Å². The van der Waals surface area contributed by atoms with E-state index in [0.29, 0.717) is 0 Å². The molecule has 50 heavy (non-hydrogen) atoms. The molecule has 0 amide bonds. The molecule has 8 rings (SSSR count). The van der Waals surface area contributed by atoms with Gasteiger partial charge in [-0.15, -0.1) is 0 Å². The fourth-order valence-corrected chi connectivity index (χ4v) is 6.97. The van der Waals surface area contributed by atoms with E-state index in [2.05, 4.69) is 182 Å². The molecule has 2 heterocycles. The van der Waals surface area contributed by atoms with E-state index in [4.69, 9.17) is 9.98 Å². The lowest BCUT2D eigenvalue weighted by atomic mass is 9.92. The minimum atomic E-state index is -0.115. The van der Waals surface area contributed by atoms with E-state index < -0.39 is 0 Å². The zero-order chi connectivity index (χ0) is 33.9. The third-order valence-corrected chi connectivity index (χ3v) is 9.56. The van der Waals surface area contributed by atoms with Gasteiger partial charge in [0.1, 0.15) is 12.0 Å². The van der Waals surface area contributed by atoms with Crippen molar-refractivity contribution in [2.75, 3.05) is 0 Å². The molecule has 0 radical (unpaired) electrons. The van der Waals surface area contributed by atoms with E-state index in [1.165, 1.54) is 16.7 Å². The smallest absolute Gasteiger partial charge is 0.144 e. The zero-order valence-corrected chi connectivity index (χ0v) is 28.5. The maximum Gasteiger partial charge on any atom is 0.144 e. The first-order valence-electron chi connectivity index (χ1n) is 17.4. The minimum absolute atomic E-state index is 0.0804. The summed E-state index contributed by atoms with van der Waals surface area (Å²) >= 11 is 0. The molecule has 0 saturated heterocycles. The summed E-state index contributed by atoms with van der Waals surface area (Å²) < 4.78 is 0. The second-order valence-corrected chi connectivity index (χ2v) is 13.2. The fourth-order valence-electron chi connectivity index (χ4n) is 6.97. The number of allylic oxidation sites excluding steroid dienone is 6. The second-order valence-electron chi connectivity index (χ2n) is 13.2. The van der Waals surface area contributed by atoms with Crippen LogP contribution >= 0.6 is 0 Å². The van der Waals surface area contributed by atoms with Gasteiger partial charge in [0.2, 0.25) is 0 Å². The first kappa shape index (κ1) is 31.3. The van der Waals surface area contributed by atoms with Crippen molar-refractivity contribution in [2.45, 2.75) is 38.9 Å². The molecule has 0 saturated carbocycles. The maximum atomic E-state index is 5.32. The molecule has 4 heteroatoms. The Bertz CT molecular complexity index is 2200.